The molecule has 2 rings (SSSR count). The van der Waals surface area contributed by atoms with Crippen molar-refractivity contribution in [3.63, 3.8) is 0 Å². The van der Waals surface area contributed by atoms with E-state index in [1.807, 2.05) is 31.1 Å². The van der Waals surface area contributed by atoms with Gasteiger partial charge in [-0.25, -0.2) is 0 Å². The average molecular weight is 245 g/mol. The second-order valence-corrected chi connectivity index (χ2v) is 4.22. The van der Waals surface area contributed by atoms with Crippen LogP contribution >= 0.6 is 0 Å². The third kappa shape index (κ3) is 2.68. The molecular formula is C13H15N3O2. The van der Waals surface area contributed by atoms with Gasteiger partial charge in [-0.2, -0.15) is 0 Å². The Morgan fingerprint density at radius 3 is 2.44 bits per heavy atom. The Kier molecular flexibility index (Phi) is 3.32. The highest BCUT2D eigenvalue weighted by Crippen LogP contribution is 2.14. The summed E-state index contributed by atoms with van der Waals surface area (Å²) >= 11 is 0. The lowest BCUT2D eigenvalue weighted by atomic mass is 10.2. The number of carbonyl (C=O) groups is 1. The summed E-state index contributed by atoms with van der Waals surface area (Å²) in [6.45, 7) is 1.77. The van der Waals surface area contributed by atoms with Gasteiger partial charge in [0.05, 0.1) is 0 Å². The van der Waals surface area contributed by atoms with Crippen molar-refractivity contribution in [2.75, 3.05) is 24.3 Å². The van der Waals surface area contributed by atoms with Crippen LogP contribution in [0.15, 0.2) is 34.9 Å². The van der Waals surface area contributed by atoms with Crippen LogP contribution in [0.4, 0.5) is 11.5 Å². The van der Waals surface area contributed by atoms with E-state index in [0.29, 0.717) is 17.1 Å². The fourth-order valence-electron chi connectivity index (χ4n) is 1.52. The Balaban J connectivity index is 2.09. The van der Waals surface area contributed by atoms with Gasteiger partial charge in [-0.1, -0.05) is 5.16 Å². The second kappa shape index (κ2) is 4.91. The van der Waals surface area contributed by atoms with Gasteiger partial charge in [0.2, 0.25) is 0 Å². The molecule has 0 aliphatic rings. The first-order valence-electron chi connectivity index (χ1n) is 5.58. The second-order valence-electron chi connectivity index (χ2n) is 4.22. The molecule has 0 fully saturated rings. The summed E-state index contributed by atoms with van der Waals surface area (Å²) in [5.41, 5.74) is 1.63. The van der Waals surface area contributed by atoms with E-state index in [9.17, 15) is 4.79 Å². The smallest absolute Gasteiger partial charge is 0.256 e. The molecule has 0 unspecified atom stereocenters. The maximum Gasteiger partial charge on any atom is 0.256 e. The van der Waals surface area contributed by atoms with Gasteiger partial charge in [0.1, 0.15) is 5.76 Å². The molecule has 94 valence electrons. The lowest BCUT2D eigenvalue weighted by Gasteiger charge is -2.12. The van der Waals surface area contributed by atoms with Crippen LogP contribution in [0.2, 0.25) is 0 Å². The maximum atomic E-state index is 11.9. The number of aromatic nitrogens is 1. The first-order valence-corrected chi connectivity index (χ1v) is 5.58. The minimum absolute atomic E-state index is 0.200. The highest BCUT2D eigenvalue weighted by Gasteiger charge is 2.08. The molecule has 2 aromatic rings. The zero-order chi connectivity index (χ0) is 13.1. The van der Waals surface area contributed by atoms with Gasteiger partial charge in [-0.05, 0) is 31.2 Å². The molecule has 0 saturated heterocycles. The van der Waals surface area contributed by atoms with Gasteiger partial charge in [-0.15, -0.1) is 0 Å². The number of aryl methyl sites for hydroxylation is 1. The van der Waals surface area contributed by atoms with Gasteiger partial charge >= 0.3 is 0 Å². The summed E-state index contributed by atoms with van der Waals surface area (Å²) in [5, 5.41) is 6.38. The number of amides is 1. The van der Waals surface area contributed by atoms with Crippen LogP contribution in [0.3, 0.4) is 0 Å². The number of carbonyl (C=O) groups excluding carboxylic acids is 1. The predicted octanol–water partition coefficient (Wildman–Crippen LogP) is 2.30. The van der Waals surface area contributed by atoms with E-state index >= 15 is 0 Å². The molecule has 1 heterocycles. The van der Waals surface area contributed by atoms with Crippen molar-refractivity contribution in [3.05, 3.63) is 41.7 Å². The van der Waals surface area contributed by atoms with Crippen molar-refractivity contribution in [3.8, 4) is 0 Å². The number of hydrogen-bond acceptors (Lipinski definition) is 4. The molecule has 0 radical (unpaired) electrons. The minimum atomic E-state index is -0.200. The van der Waals surface area contributed by atoms with Crippen LogP contribution in [-0.4, -0.2) is 25.2 Å². The average Bonchev–Trinajstić information content (AvgIpc) is 2.75. The van der Waals surface area contributed by atoms with Crippen molar-refractivity contribution >= 4 is 17.4 Å². The topological polar surface area (TPSA) is 58.4 Å². The molecule has 1 amide bonds. The minimum Gasteiger partial charge on any atom is -0.378 e. The zero-order valence-corrected chi connectivity index (χ0v) is 10.6. The first-order chi connectivity index (χ1) is 8.56. The lowest BCUT2D eigenvalue weighted by Crippen LogP contribution is -2.13. The summed E-state index contributed by atoms with van der Waals surface area (Å²) in [5.74, 6) is 0.885. The van der Waals surface area contributed by atoms with Crippen LogP contribution in [-0.2, 0) is 0 Å². The zero-order valence-electron chi connectivity index (χ0n) is 10.6. The predicted molar refractivity (Wildman–Crippen MR) is 70.0 cm³/mol. The largest absolute Gasteiger partial charge is 0.378 e. The van der Waals surface area contributed by atoms with Gasteiger partial charge in [0.25, 0.3) is 5.91 Å². The number of benzene rings is 1. The normalized spacial score (nSPS) is 10.2. The van der Waals surface area contributed by atoms with Gasteiger partial charge < -0.3 is 14.7 Å². The van der Waals surface area contributed by atoms with Crippen molar-refractivity contribution in [1.29, 1.82) is 0 Å². The van der Waals surface area contributed by atoms with E-state index in [2.05, 4.69) is 10.5 Å². The Morgan fingerprint density at radius 1 is 1.28 bits per heavy atom. The molecule has 5 heteroatoms. The molecule has 0 atom stereocenters. The van der Waals surface area contributed by atoms with Gasteiger partial charge in [-0.3, -0.25) is 4.79 Å². The number of nitrogens with zero attached hydrogens (tertiary/aromatic N) is 2. The monoisotopic (exact) mass is 245 g/mol. The van der Waals surface area contributed by atoms with Crippen LogP contribution < -0.4 is 10.2 Å². The van der Waals surface area contributed by atoms with Gasteiger partial charge in [0.15, 0.2) is 5.82 Å². The summed E-state index contributed by atoms with van der Waals surface area (Å²) in [7, 11) is 3.90. The summed E-state index contributed by atoms with van der Waals surface area (Å²) in [4.78, 5) is 13.9. The standard InChI is InChI=1S/C13H15N3O2/c1-9-8-12(15-18-9)14-13(17)10-4-6-11(7-5-10)16(2)3/h4-8H,1-3H3,(H,14,15,17). The van der Waals surface area contributed by atoms with E-state index < -0.39 is 0 Å². The fraction of sp³-hybridized carbons (Fsp3) is 0.231. The SMILES string of the molecule is Cc1cc(NC(=O)c2ccc(N(C)C)cc2)no1. The Labute approximate surface area is 105 Å². The Morgan fingerprint density at radius 2 is 1.94 bits per heavy atom. The molecule has 0 spiro atoms. The third-order valence-electron chi connectivity index (χ3n) is 2.52. The molecule has 5 nitrogen and oxygen atoms in total. The number of anilines is 2. The summed E-state index contributed by atoms with van der Waals surface area (Å²) < 4.78 is 4.88. The van der Waals surface area contributed by atoms with Crippen molar-refractivity contribution < 1.29 is 9.32 Å². The molecule has 0 aliphatic carbocycles. The van der Waals surface area contributed by atoms with Crippen LogP contribution in [0.1, 0.15) is 16.1 Å². The van der Waals surface area contributed by atoms with E-state index in [4.69, 9.17) is 4.52 Å². The number of hydrogen-bond donors (Lipinski definition) is 1. The van der Waals surface area contributed by atoms with E-state index in [1.165, 1.54) is 0 Å². The third-order valence-corrected chi connectivity index (χ3v) is 2.52. The van der Waals surface area contributed by atoms with Crippen molar-refractivity contribution in [2.24, 2.45) is 0 Å². The fourth-order valence-corrected chi connectivity index (χ4v) is 1.52. The van der Waals surface area contributed by atoms with Crippen LogP contribution in [0, 0.1) is 6.92 Å². The van der Waals surface area contributed by atoms with E-state index in [0.717, 1.165) is 5.69 Å². The Hall–Kier alpha value is -2.30. The van der Waals surface area contributed by atoms with Gasteiger partial charge in [0, 0.05) is 31.4 Å². The first kappa shape index (κ1) is 12.2. The molecule has 1 N–H and O–H groups in total. The molecular weight excluding hydrogens is 230 g/mol. The number of nitrogens with one attached hydrogen (secondary N) is 1. The number of rotatable bonds is 3. The van der Waals surface area contributed by atoms with Crippen molar-refractivity contribution in [2.45, 2.75) is 6.92 Å². The highest BCUT2D eigenvalue weighted by molar-refractivity contribution is 6.03. The lowest BCUT2D eigenvalue weighted by molar-refractivity contribution is 0.102. The van der Waals surface area contributed by atoms with E-state index in [1.54, 1.807) is 25.1 Å². The Bertz CT molecular complexity index is 544. The highest BCUT2D eigenvalue weighted by atomic mass is 16.5. The summed E-state index contributed by atoms with van der Waals surface area (Å²) in [6, 6.07) is 9.01. The molecule has 1 aromatic carbocycles. The van der Waals surface area contributed by atoms with Crippen molar-refractivity contribution in [1.82, 2.24) is 5.16 Å². The molecule has 0 saturated carbocycles. The molecule has 18 heavy (non-hydrogen) atoms. The maximum absolute atomic E-state index is 11.9. The molecule has 1 aromatic heterocycles. The van der Waals surface area contributed by atoms with Crippen LogP contribution in [0.25, 0.3) is 0 Å². The summed E-state index contributed by atoms with van der Waals surface area (Å²) in [6.07, 6.45) is 0. The van der Waals surface area contributed by atoms with Crippen LogP contribution in [0.5, 0.6) is 0 Å². The quantitative estimate of drug-likeness (QED) is 0.901. The van der Waals surface area contributed by atoms with E-state index in [-0.39, 0.29) is 5.91 Å². The molecule has 0 aliphatic heterocycles. The molecule has 0 bridgehead atoms.